The molecule has 2 heterocycles. The molecule has 0 saturated carbocycles. The van der Waals surface area contributed by atoms with E-state index in [4.69, 9.17) is 21.7 Å². The summed E-state index contributed by atoms with van der Waals surface area (Å²) >= 11 is 5.14. The summed E-state index contributed by atoms with van der Waals surface area (Å²) in [5.41, 5.74) is -0.223. The highest BCUT2D eigenvalue weighted by atomic mass is 32.1. The molecular formula is C17H26N2O4S. The van der Waals surface area contributed by atoms with Crippen LogP contribution in [0.4, 0.5) is 0 Å². The number of aromatic nitrogens is 2. The maximum absolute atomic E-state index is 11.7. The minimum Gasteiger partial charge on any atom is -0.463 e. The van der Waals surface area contributed by atoms with Gasteiger partial charge >= 0.3 is 5.97 Å². The van der Waals surface area contributed by atoms with Gasteiger partial charge in [0.1, 0.15) is 12.8 Å². The van der Waals surface area contributed by atoms with E-state index in [2.05, 4.69) is 11.9 Å². The van der Waals surface area contributed by atoms with Crippen molar-refractivity contribution in [3.63, 3.8) is 0 Å². The first-order valence-electron chi connectivity index (χ1n) is 8.72. The molecule has 7 heteroatoms. The van der Waals surface area contributed by atoms with E-state index in [1.165, 1.54) is 25.3 Å². The second kappa shape index (κ2) is 9.74. The summed E-state index contributed by atoms with van der Waals surface area (Å²) in [6.07, 6.45) is 8.92. The van der Waals surface area contributed by atoms with Gasteiger partial charge in [0, 0.05) is 18.7 Å². The van der Waals surface area contributed by atoms with Gasteiger partial charge in [-0.15, -0.1) is 0 Å². The number of nitrogens with one attached hydrogen (secondary N) is 1. The molecule has 134 valence electrons. The summed E-state index contributed by atoms with van der Waals surface area (Å²) in [4.78, 5) is 25.5. The smallest absolute Gasteiger partial charge is 0.305 e. The largest absolute Gasteiger partial charge is 0.463 e. The number of nitrogens with zero attached hydrogens (tertiary/aromatic N) is 1. The van der Waals surface area contributed by atoms with Gasteiger partial charge in [0.05, 0.1) is 6.10 Å². The molecule has 1 N–H and O–H groups in total. The van der Waals surface area contributed by atoms with Crippen LogP contribution >= 0.6 is 12.2 Å². The lowest BCUT2D eigenvalue weighted by Gasteiger charge is -2.16. The fourth-order valence-corrected chi connectivity index (χ4v) is 3.08. The molecule has 0 spiro atoms. The number of carbonyl (C=O) groups excluding carboxylic acids is 1. The van der Waals surface area contributed by atoms with Gasteiger partial charge in [0.2, 0.25) is 0 Å². The third-order valence-electron chi connectivity index (χ3n) is 4.16. The first-order chi connectivity index (χ1) is 11.6. The first kappa shape index (κ1) is 18.9. The standard InChI is InChI=1S/C17H26N2O4S/c1-2-3-4-5-6-7-16(21)22-12-13-8-9-15(23-13)19-11-10-14(20)18-17(19)24/h10-11,13,15H,2-9,12H2,1H3,(H,18,20,24)/t13-,15?/m0/s1. The predicted molar refractivity (Wildman–Crippen MR) is 93.4 cm³/mol. The van der Waals surface area contributed by atoms with E-state index in [0.29, 0.717) is 11.2 Å². The SMILES string of the molecule is CCCCCCCC(=O)OC[C@@H]1CCC(n2ccc(=O)[nH]c2=S)O1. The van der Waals surface area contributed by atoms with Crippen molar-refractivity contribution in [2.45, 2.75) is 70.6 Å². The summed E-state index contributed by atoms with van der Waals surface area (Å²) in [6.45, 7) is 2.45. The van der Waals surface area contributed by atoms with Crippen molar-refractivity contribution in [1.82, 2.24) is 9.55 Å². The fourth-order valence-electron chi connectivity index (χ4n) is 2.80. The third kappa shape index (κ3) is 5.87. The zero-order valence-electron chi connectivity index (χ0n) is 14.2. The Morgan fingerprint density at radius 3 is 2.92 bits per heavy atom. The van der Waals surface area contributed by atoms with Gasteiger partial charge < -0.3 is 9.47 Å². The average Bonchev–Trinajstić information content (AvgIpc) is 3.01. The summed E-state index contributed by atoms with van der Waals surface area (Å²) in [6, 6.07) is 1.42. The van der Waals surface area contributed by atoms with Crippen LogP contribution in [0.15, 0.2) is 17.1 Å². The van der Waals surface area contributed by atoms with Gasteiger partial charge in [-0.05, 0) is 31.5 Å². The Bertz CT molecular complexity index is 640. The molecule has 6 nitrogen and oxygen atoms in total. The zero-order chi connectivity index (χ0) is 17.4. The Hall–Kier alpha value is -1.47. The molecule has 0 amide bonds. The molecule has 24 heavy (non-hydrogen) atoms. The molecular weight excluding hydrogens is 328 g/mol. The van der Waals surface area contributed by atoms with Crippen molar-refractivity contribution in [3.8, 4) is 0 Å². The van der Waals surface area contributed by atoms with E-state index >= 15 is 0 Å². The quantitative estimate of drug-likeness (QED) is 0.417. The minimum atomic E-state index is -0.223. The lowest BCUT2D eigenvalue weighted by Crippen LogP contribution is -2.20. The highest BCUT2D eigenvalue weighted by molar-refractivity contribution is 7.71. The lowest BCUT2D eigenvalue weighted by atomic mass is 10.1. The van der Waals surface area contributed by atoms with Crippen molar-refractivity contribution in [2.75, 3.05) is 6.61 Å². The molecule has 1 unspecified atom stereocenters. The van der Waals surface area contributed by atoms with Crippen LogP contribution in [0.5, 0.6) is 0 Å². The van der Waals surface area contributed by atoms with E-state index < -0.39 is 0 Å². The lowest BCUT2D eigenvalue weighted by molar-refractivity contribution is -0.148. The Labute approximate surface area is 147 Å². The van der Waals surface area contributed by atoms with Crippen molar-refractivity contribution in [1.29, 1.82) is 0 Å². The fraction of sp³-hybridized carbons (Fsp3) is 0.706. The third-order valence-corrected chi connectivity index (χ3v) is 4.47. The molecule has 2 atom stereocenters. The Morgan fingerprint density at radius 1 is 1.38 bits per heavy atom. The van der Waals surface area contributed by atoms with Crippen LogP contribution in [-0.4, -0.2) is 28.2 Å². The predicted octanol–water partition coefficient (Wildman–Crippen LogP) is 3.49. The van der Waals surface area contributed by atoms with Crippen molar-refractivity contribution < 1.29 is 14.3 Å². The van der Waals surface area contributed by atoms with Gasteiger partial charge in [0.25, 0.3) is 5.56 Å². The van der Waals surface area contributed by atoms with E-state index in [1.54, 1.807) is 10.8 Å². The van der Waals surface area contributed by atoms with Crippen LogP contribution in [0.2, 0.25) is 0 Å². The number of H-pyrrole nitrogens is 1. The average molecular weight is 354 g/mol. The molecule has 1 fully saturated rings. The van der Waals surface area contributed by atoms with Crippen LogP contribution in [-0.2, 0) is 14.3 Å². The second-order valence-electron chi connectivity index (χ2n) is 6.15. The second-order valence-corrected chi connectivity index (χ2v) is 6.54. The molecule has 1 aromatic heterocycles. The molecule has 1 aliphatic rings. The number of hydrogen-bond acceptors (Lipinski definition) is 5. The van der Waals surface area contributed by atoms with Crippen molar-refractivity contribution in [3.05, 3.63) is 27.4 Å². The number of carbonyl (C=O) groups is 1. The number of unbranched alkanes of at least 4 members (excludes halogenated alkanes) is 4. The molecule has 1 aliphatic heterocycles. The van der Waals surface area contributed by atoms with Gasteiger partial charge in [0.15, 0.2) is 4.77 Å². The number of rotatable bonds is 9. The molecule has 0 aliphatic carbocycles. The number of aromatic amines is 1. The first-order valence-corrected chi connectivity index (χ1v) is 9.13. The summed E-state index contributed by atoms with van der Waals surface area (Å²) < 4.78 is 13.3. The Balaban J connectivity index is 1.69. The molecule has 0 aromatic carbocycles. The number of esters is 1. The van der Waals surface area contributed by atoms with E-state index in [1.807, 2.05) is 0 Å². The maximum atomic E-state index is 11.7. The molecule has 2 rings (SSSR count). The van der Waals surface area contributed by atoms with Crippen LogP contribution in [0.1, 0.15) is 64.5 Å². The summed E-state index contributed by atoms with van der Waals surface area (Å²) in [5, 5.41) is 0. The van der Waals surface area contributed by atoms with Crippen LogP contribution < -0.4 is 5.56 Å². The molecule has 1 aromatic rings. The topological polar surface area (TPSA) is 73.3 Å². The van der Waals surface area contributed by atoms with Gasteiger partial charge in [-0.3, -0.25) is 19.1 Å². The zero-order valence-corrected chi connectivity index (χ0v) is 15.0. The normalized spacial score (nSPS) is 20.2. The number of ether oxygens (including phenoxy) is 2. The van der Waals surface area contributed by atoms with Gasteiger partial charge in [-0.25, -0.2) is 0 Å². The van der Waals surface area contributed by atoms with E-state index in [-0.39, 0.29) is 30.5 Å². The maximum Gasteiger partial charge on any atom is 0.305 e. The van der Waals surface area contributed by atoms with Gasteiger partial charge in [-0.2, -0.15) is 0 Å². The Kier molecular flexibility index (Phi) is 7.65. The molecule has 0 bridgehead atoms. The van der Waals surface area contributed by atoms with Crippen LogP contribution in [0, 0.1) is 4.77 Å². The molecule has 0 radical (unpaired) electrons. The summed E-state index contributed by atoms with van der Waals surface area (Å²) in [5.74, 6) is -0.154. The number of hydrogen-bond donors (Lipinski definition) is 1. The van der Waals surface area contributed by atoms with Crippen LogP contribution in [0.25, 0.3) is 0 Å². The van der Waals surface area contributed by atoms with Crippen molar-refractivity contribution >= 4 is 18.2 Å². The summed E-state index contributed by atoms with van der Waals surface area (Å²) in [7, 11) is 0. The van der Waals surface area contributed by atoms with E-state index in [9.17, 15) is 9.59 Å². The highest BCUT2D eigenvalue weighted by Gasteiger charge is 2.27. The van der Waals surface area contributed by atoms with Crippen LogP contribution in [0.3, 0.4) is 0 Å². The van der Waals surface area contributed by atoms with Crippen molar-refractivity contribution in [2.24, 2.45) is 0 Å². The Morgan fingerprint density at radius 2 is 2.17 bits per heavy atom. The minimum absolute atomic E-state index is 0.118. The van der Waals surface area contributed by atoms with Gasteiger partial charge in [-0.1, -0.05) is 32.6 Å². The monoisotopic (exact) mass is 354 g/mol. The highest BCUT2D eigenvalue weighted by Crippen LogP contribution is 2.28. The molecule has 1 saturated heterocycles. The van der Waals surface area contributed by atoms with E-state index in [0.717, 1.165) is 25.7 Å².